The molecule has 0 aliphatic heterocycles. The number of nitrogens with zero attached hydrogens (tertiary/aromatic N) is 1. The number of nitrogens with two attached hydrogens (primary N) is 1. The molecule has 6 nitrogen and oxygen atoms in total. The third kappa shape index (κ3) is 3.87. The van der Waals surface area contributed by atoms with E-state index in [2.05, 4.69) is 26.2 Å². The number of carbonyl (C=O) groups excluding carboxylic acids is 1. The van der Waals surface area contributed by atoms with Crippen molar-refractivity contribution >= 4 is 37.5 Å². The average Bonchev–Trinajstić information content (AvgIpc) is 2.39. The van der Waals surface area contributed by atoms with Crippen molar-refractivity contribution in [2.24, 2.45) is 5.14 Å². The van der Waals surface area contributed by atoms with Crippen molar-refractivity contribution in [2.75, 3.05) is 5.32 Å². The van der Waals surface area contributed by atoms with Crippen molar-refractivity contribution in [3.8, 4) is 0 Å². The predicted octanol–water partition coefficient (Wildman–Crippen LogP) is 2.05. The molecule has 3 N–H and O–H groups in total. The Balaban J connectivity index is 2.26. The Hall–Kier alpha value is -1.77. The van der Waals surface area contributed by atoms with Gasteiger partial charge in [0.2, 0.25) is 10.0 Å². The molecule has 1 heterocycles. The summed E-state index contributed by atoms with van der Waals surface area (Å²) in [5.41, 5.74) is 1.72. The molecule has 0 atom stereocenters. The summed E-state index contributed by atoms with van der Waals surface area (Å²) in [4.78, 5) is 16.0. The van der Waals surface area contributed by atoms with Crippen LogP contribution in [0.1, 0.15) is 15.9 Å². The number of benzene rings is 1. The SMILES string of the molecule is Cc1cncc(C(=O)Nc2ccc(S(N)(=O)=O)cc2Br)c1. The first-order valence-corrected chi connectivity index (χ1v) is 8.16. The minimum Gasteiger partial charge on any atom is -0.321 e. The van der Waals surface area contributed by atoms with Crippen LogP contribution in [0.15, 0.2) is 46.0 Å². The van der Waals surface area contributed by atoms with Gasteiger partial charge in [-0.1, -0.05) is 0 Å². The van der Waals surface area contributed by atoms with Crippen molar-refractivity contribution in [3.05, 3.63) is 52.3 Å². The lowest BCUT2D eigenvalue weighted by Crippen LogP contribution is -2.14. The molecule has 2 rings (SSSR count). The summed E-state index contributed by atoms with van der Waals surface area (Å²) in [5.74, 6) is -0.338. The molecule has 2 aromatic rings. The molecule has 0 unspecified atom stereocenters. The van der Waals surface area contributed by atoms with Crippen LogP contribution in [-0.4, -0.2) is 19.3 Å². The normalized spacial score (nSPS) is 11.2. The molecule has 0 fully saturated rings. The zero-order valence-corrected chi connectivity index (χ0v) is 13.4. The van der Waals surface area contributed by atoms with E-state index >= 15 is 0 Å². The lowest BCUT2D eigenvalue weighted by Gasteiger charge is -2.09. The minimum absolute atomic E-state index is 0.0374. The number of aryl methyl sites for hydroxylation is 1. The van der Waals surface area contributed by atoms with Gasteiger partial charge in [0.25, 0.3) is 5.91 Å². The monoisotopic (exact) mass is 369 g/mol. The molecule has 0 saturated carbocycles. The highest BCUT2D eigenvalue weighted by Gasteiger charge is 2.13. The number of primary sulfonamides is 1. The van der Waals surface area contributed by atoms with E-state index < -0.39 is 10.0 Å². The summed E-state index contributed by atoms with van der Waals surface area (Å²) in [5, 5.41) is 7.71. The summed E-state index contributed by atoms with van der Waals surface area (Å²) in [6, 6.07) is 5.82. The van der Waals surface area contributed by atoms with Gasteiger partial charge in [-0.2, -0.15) is 0 Å². The molecule has 1 aromatic carbocycles. The number of hydrogen-bond donors (Lipinski definition) is 2. The second-order valence-electron chi connectivity index (χ2n) is 4.39. The van der Waals surface area contributed by atoms with Gasteiger partial charge in [0.15, 0.2) is 0 Å². The predicted molar refractivity (Wildman–Crippen MR) is 82.4 cm³/mol. The molecular weight excluding hydrogens is 358 g/mol. The Labute approximate surface area is 130 Å². The standard InChI is InChI=1S/C13H12BrN3O3S/c1-8-4-9(7-16-6-8)13(18)17-12-3-2-10(5-11(12)14)21(15,19)20/h2-7H,1H3,(H,17,18)(H2,15,19,20). The number of pyridine rings is 1. The lowest BCUT2D eigenvalue weighted by atomic mass is 10.2. The maximum absolute atomic E-state index is 12.1. The van der Waals surface area contributed by atoms with Crippen LogP contribution in [0.5, 0.6) is 0 Å². The number of amides is 1. The highest BCUT2D eigenvalue weighted by Crippen LogP contribution is 2.25. The van der Waals surface area contributed by atoms with Crippen LogP contribution < -0.4 is 10.5 Å². The van der Waals surface area contributed by atoms with Crippen molar-refractivity contribution in [2.45, 2.75) is 11.8 Å². The molecule has 0 spiro atoms. The van der Waals surface area contributed by atoms with Crippen LogP contribution in [0.4, 0.5) is 5.69 Å². The quantitative estimate of drug-likeness (QED) is 0.863. The summed E-state index contributed by atoms with van der Waals surface area (Å²) in [6.07, 6.45) is 3.10. The van der Waals surface area contributed by atoms with Gasteiger partial charge in [-0.25, -0.2) is 13.6 Å². The molecule has 110 valence electrons. The average molecular weight is 370 g/mol. The van der Waals surface area contributed by atoms with E-state index in [-0.39, 0.29) is 10.8 Å². The van der Waals surface area contributed by atoms with Gasteiger partial charge >= 0.3 is 0 Å². The zero-order valence-electron chi connectivity index (χ0n) is 11.0. The van der Waals surface area contributed by atoms with Crippen LogP contribution >= 0.6 is 15.9 Å². The van der Waals surface area contributed by atoms with E-state index in [9.17, 15) is 13.2 Å². The number of rotatable bonds is 3. The minimum atomic E-state index is -3.78. The Morgan fingerprint density at radius 1 is 1.29 bits per heavy atom. The molecule has 0 bridgehead atoms. The van der Waals surface area contributed by atoms with Gasteiger partial charge in [0.1, 0.15) is 0 Å². The molecule has 0 radical (unpaired) electrons. The summed E-state index contributed by atoms with van der Waals surface area (Å²) >= 11 is 3.20. The largest absolute Gasteiger partial charge is 0.321 e. The lowest BCUT2D eigenvalue weighted by molar-refractivity contribution is 0.102. The molecule has 1 aromatic heterocycles. The summed E-state index contributed by atoms with van der Waals surface area (Å²) < 4.78 is 22.9. The first-order valence-electron chi connectivity index (χ1n) is 5.83. The first-order chi connectivity index (χ1) is 9.77. The van der Waals surface area contributed by atoms with Gasteiger partial charge in [0.05, 0.1) is 16.1 Å². The zero-order chi connectivity index (χ0) is 15.6. The Bertz CT molecular complexity index is 806. The van der Waals surface area contributed by atoms with Gasteiger partial charge in [0, 0.05) is 16.9 Å². The smallest absolute Gasteiger partial charge is 0.257 e. The third-order valence-electron chi connectivity index (χ3n) is 2.65. The topological polar surface area (TPSA) is 102 Å². The van der Waals surface area contributed by atoms with Gasteiger partial charge < -0.3 is 5.32 Å². The third-order valence-corrected chi connectivity index (χ3v) is 4.22. The van der Waals surface area contributed by atoms with E-state index in [0.717, 1.165) is 5.56 Å². The fourth-order valence-electron chi connectivity index (χ4n) is 1.65. The summed E-state index contributed by atoms with van der Waals surface area (Å²) in [7, 11) is -3.78. The van der Waals surface area contributed by atoms with Crippen LogP contribution in [-0.2, 0) is 10.0 Å². The Kier molecular flexibility index (Phi) is 4.40. The maximum atomic E-state index is 12.1. The first kappa shape index (κ1) is 15.6. The van der Waals surface area contributed by atoms with E-state index in [1.54, 1.807) is 12.3 Å². The highest BCUT2D eigenvalue weighted by atomic mass is 79.9. The van der Waals surface area contributed by atoms with Crippen LogP contribution in [0.25, 0.3) is 0 Å². The fourth-order valence-corrected chi connectivity index (χ4v) is 2.82. The molecule has 0 saturated heterocycles. The number of nitrogens with one attached hydrogen (secondary N) is 1. The van der Waals surface area contributed by atoms with Crippen LogP contribution in [0, 0.1) is 6.92 Å². The van der Waals surface area contributed by atoms with E-state index in [4.69, 9.17) is 5.14 Å². The van der Waals surface area contributed by atoms with E-state index in [1.807, 2.05) is 6.92 Å². The number of hydrogen-bond acceptors (Lipinski definition) is 4. The molecule has 0 aliphatic carbocycles. The van der Waals surface area contributed by atoms with Crippen LogP contribution in [0.2, 0.25) is 0 Å². The summed E-state index contributed by atoms with van der Waals surface area (Å²) in [6.45, 7) is 1.83. The molecule has 0 aliphatic rings. The molecule has 8 heteroatoms. The Morgan fingerprint density at radius 2 is 2.00 bits per heavy atom. The van der Waals surface area contributed by atoms with Crippen LogP contribution in [0.3, 0.4) is 0 Å². The van der Waals surface area contributed by atoms with Gasteiger partial charge in [-0.15, -0.1) is 0 Å². The number of aromatic nitrogens is 1. The van der Waals surface area contributed by atoms with Crippen molar-refractivity contribution in [1.82, 2.24) is 4.98 Å². The van der Waals surface area contributed by atoms with Gasteiger partial charge in [-0.05, 0) is 52.7 Å². The van der Waals surface area contributed by atoms with Crippen molar-refractivity contribution in [1.29, 1.82) is 0 Å². The number of anilines is 1. The molecular formula is C13H12BrN3O3S. The maximum Gasteiger partial charge on any atom is 0.257 e. The van der Waals surface area contributed by atoms with Crippen molar-refractivity contribution < 1.29 is 13.2 Å². The number of carbonyl (C=O) groups is 1. The fraction of sp³-hybridized carbons (Fsp3) is 0.0769. The van der Waals surface area contributed by atoms with Crippen molar-refractivity contribution in [3.63, 3.8) is 0 Å². The molecule has 1 amide bonds. The highest BCUT2D eigenvalue weighted by molar-refractivity contribution is 9.10. The van der Waals surface area contributed by atoms with E-state index in [0.29, 0.717) is 15.7 Å². The Morgan fingerprint density at radius 3 is 2.57 bits per heavy atom. The number of halogens is 1. The molecule has 21 heavy (non-hydrogen) atoms. The van der Waals surface area contributed by atoms with Gasteiger partial charge in [-0.3, -0.25) is 9.78 Å². The second kappa shape index (κ2) is 5.92. The number of sulfonamides is 1. The second-order valence-corrected chi connectivity index (χ2v) is 6.81. The van der Waals surface area contributed by atoms with E-state index in [1.165, 1.54) is 24.4 Å².